The molecule has 2 heterocycles. The maximum atomic E-state index is 13.0. The molecule has 144 valence electrons. The van der Waals surface area contributed by atoms with Gasteiger partial charge in [-0.15, -0.1) is 0 Å². The van der Waals surface area contributed by atoms with Crippen molar-refractivity contribution in [3.05, 3.63) is 57.8 Å². The van der Waals surface area contributed by atoms with Gasteiger partial charge in [-0.3, -0.25) is 14.2 Å². The van der Waals surface area contributed by atoms with Gasteiger partial charge in [-0.2, -0.15) is 0 Å². The van der Waals surface area contributed by atoms with Gasteiger partial charge in [0.1, 0.15) is 12.4 Å². The lowest BCUT2D eigenvalue weighted by Crippen LogP contribution is -2.36. The largest absolute Gasteiger partial charge is 0.378 e. The predicted molar refractivity (Wildman–Crippen MR) is 98.9 cm³/mol. The number of amides is 1. The van der Waals surface area contributed by atoms with Crippen LogP contribution in [-0.2, 0) is 29.2 Å². The van der Waals surface area contributed by atoms with E-state index in [0.717, 1.165) is 31.5 Å². The van der Waals surface area contributed by atoms with Crippen molar-refractivity contribution in [1.82, 2.24) is 14.9 Å². The molecule has 1 amide bonds. The zero-order valence-corrected chi connectivity index (χ0v) is 15.3. The summed E-state index contributed by atoms with van der Waals surface area (Å²) in [5, 5.41) is 2.76. The van der Waals surface area contributed by atoms with Crippen molar-refractivity contribution >= 4 is 11.9 Å². The van der Waals surface area contributed by atoms with E-state index in [-0.39, 0.29) is 37.0 Å². The molecule has 0 radical (unpaired) electrons. The van der Waals surface area contributed by atoms with Crippen LogP contribution in [0.4, 0.5) is 10.3 Å². The molecule has 7 nitrogen and oxygen atoms in total. The number of benzene rings is 1. The normalized spacial score (nSPS) is 13.8. The Bertz CT molecular complexity index is 845. The molecule has 0 aliphatic carbocycles. The van der Waals surface area contributed by atoms with Gasteiger partial charge >= 0.3 is 0 Å². The summed E-state index contributed by atoms with van der Waals surface area (Å²) in [5.41, 5.74) is 1.05. The van der Waals surface area contributed by atoms with Gasteiger partial charge in [0, 0.05) is 32.8 Å². The average molecular weight is 374 g/mol. The van der Waals surface area contributed by atoms with Gasteiger partial charge < -0.3 is 15.0 Å². The van der Waals surface area contributed by atoms with Gasteiger partial charge in [-0.05, 0) is 30.5 Å². The number of ether oxygens (including phenoxy) is 1. The highest BCUT2D eigenvalue weighted by Gasteiger charge is 2.20. The van der Waals surface area contributed by atoms with Crippen molar-refractivity contribution in [2.45, 2.75) is 32.5 Å². The second-order valence-corrected chi connectivity index (χ2v) is 6.50. The Hall–Kier alpha value is -2.74. The molecule has 1 fully saturated rings. The van der Waals surface area contributed by atoms with Crippen molar-refractivity contribution in [3.8, 4) is 0 Å². The Kier molecular flexibility index (Phi) is 6.18. The standard InChI is InChI=1S/C19H23FN4O3/c1-27-13-16-10-18(26)24(19(22-16)23-8-2-3-9-23)12-17(25)21-11-14-4-6-15(20)7-5-14/h4-7,10H,2-3,8-9,11-13H2,1H3,(H,21,25). The van der Waals surface area contributed by atoms with Crippen LogP contribution in [0.25, 0.3) is 0 Å². The first-order valence-corrected chi connectivity index (χ1v) is 8.92. The summed E-state index contributed by atoms with van der Waals surface area (Å²) in [6.45, 7) is 2.00. The topological polar surface area (TPSA) is 76.5 Å². The minimum absolute atomic E-state index is 0.119. The van der Waals surface area contributed by atoms with E-state index in [1.807, 2.05) is 4.90 Å². The lowest BCUT2D eigenvalue weighted by atomic mass is 10.2. The molecule has 0 bridgehead atoms. The number of carbonyl (C=O) groups excluding carboxylic acids is 1. The summed E-state index contributed by atoms with van der Waals surface area (Å²) in [5.74, 6) is -0.124. The molecule has 1 saturated heterocycles. The molecule has 2 aromatic rings. The molecule has 1 aromatic carbocycles. The molecule has 8 heteroatoms. The van der Waals surface area contributed by atoms with Crippen LogP contribution in [0, 0.1) is 5.82 Å². The van der Waals surface area contributed by atoms with Crippen molar-refractivity contribution in [2.24, 2.45) is 0 Å². The Morgan fingerprint density at radius 1 is 1.26 bits per heavy atom. The van der Waals surface area contributed by atoms with E-state index in [0.29, 0.717) is 11.6 Å². The Labute approximate surface area is 156 Å². The summed E-state index contributed by atoms with van der Waals surface area (Å²) in [6.07, 6.45) is 2.06. The SMILES string of the molecule is COCc1cc(=O)n(CC(=O)NCc2ccc(F)cc2)c(N2CCCC2)n1. The van der Waals surface area contributed by atoms with Crippen molar-refractivity contribution in [1.29, 1.82) is 0 Å². The molecule has 0 unspecified atom stereocenters. The highest BCUT2D eigenvalue weighted by molar-refractivity contribution is 5.76. The minimum atomic E-state index is -0.325. The van der Waals surface area contributed by atoms with Gasteiger partial charge in [0.15, 0.2) is 0 Å². The molecule has 0 saturated carbocycles. The summed E-state index contributed by atoms with van der Waals surface area (Å²) in [7, 11) is 1.55. The van der Waals surface area contributed by atoms with Crippen LogP contribution < -0.4 is 15.8 Å². The van der Waals surface area contributed by atoms with Gasteiger partial charge in [-0.1, -0.05) is 12.1 Å². The molecule has 0 spiro atoms. The molecule has 1 N–H and O–H groups in total. The maximum Gasteiger partial charge on any atom is 0.255 e. The average Bonchev–Trinajstić information content (AvgIpc) is 3.18. The first-order valence-electron chi connectivity index (χ1n) is 8.92. The van der Waals surface area contributed by atoms with Gasteiger partial charge in [0.05, 0.1) is 12.3 Å². The number of methoxy groups -OCH3 is 1. The van der Waals surface area contributed by atoms with Gasteiger partial charge in [-0.25, -0.2) is 9.37 Å². The van der Waals surface area contributed by atoms with E-state index in [2.05, 4.69) is 10.3 Å². The third-order valence-corrected chi connectivity index (χ3v) is 4.43. The first-order chi connectivity index (χ1) is 13.1. The monoisotopic (exact) mass is 374 g/mol. The fourth-order valence-corrected chi connectivity index (χ4v) is 3.07. The molecule has 3 rings (SSSR count). The summed E-state index contributed by atoms with van der Waals surface area (Å²) in [4.78, 5) is 31.5. The van der Waals surface area contributed by atoms with E-state index in [4.69, 9.17) is 4.74 Å². The lowest BCUT2D eigenvalue weighted by molar-refractivity contribution is -0.121. The predicted octanol–water partition coefficient (Wildman–Crippen LogP) is 1.45. The highest BCUT2D eigenvalue weighted by Crippen LogP contribution is 2.17. The van der Waals surface area contributed by atoms with Crippen LogP contribution >= 0.6 is 0 Å². The van der Waals surface area contributed by atoms with Crippen LogP contribution in [0.1, 0.15) is 24.1 Å². The summed E-state index contributed by atoms with van der Waals surface area (Å²) < 4.78 is 19.4. The first kappa shape index (κ1) is 19.0. The van der Waals surface area contributed by atoms with Crippen LogP contribution in [-0.4, -0.2) is 35.7 Å². The second kappa shape index (κ2) is 8.77. The van der Waals surface area contributed by atoms with E-state index >= 15 is 0 Å². The number of rotatable bonds is 7. The summed E-state index contributed by atoms with van der Waals surface area (Å²) >= 11 is 0. The zero-order chi connectivity index (χ0) is 19.2. The highest BCUT2D eigenvalue weighted by atomic mass is 19.1. The second-order valence-electron chi connectivity index (χ2n) is 6.50. The van der Waals surface area contributed by atoms with E-state index < -0.39 is 0 Å². The summed E-state index contributed by atoms with van der Waals surface area (Å²) in [6, 6.07) is 7.30. The number of hydrogen-bond acceptors (Lipinski definition) is 5. The van der Waals surface area contributed by atoms with Crippen LogP contribution in [0.3, 0.4) is 0 Å². The van der Waals surface area contributed by atoms with Crippen LogP contribution in [0.5, 0.6) is 0 Å². The molecular weight excluding hydrogens is 351 g/mol. The quantitative estimate of drug-likeness (QED) is 0.794. The third kappa shape index (κ3) is 4.91. The molecule has 1 aliphatic rings. The molecular formula is C19H23FN4O3. The van der Waals surface area contributed by atoms with E-state index in [9.17, 15) is 14.0 Å². The van der Waals surface area contributed by atoms with Crippen LogP contribution in [0.15, 0.2) is 35.1 Å². The van der Waals surface area contributed by atoms with Crippen LogP contribution in [0.2, 0.25) is 0 Å². The number of halogens is 1. The molecule has 1 aliphatic heterocycles. The molecule has 0 atom stereocenters. The van der Waals surface area contributed by atoms with Crippen molar-refractivity contribution in [3.63, 3.8) is 0 Å². The fourth-order valence-electron chi connectivity index (χ4n) is 3.07. The van der Waals surface area contributed by atoms with Crippen molar-refractivity contribution < 1.29 is 13.9 Å². The van der Waals surface area contributed by atoms with E-state index in [1.165, 1.54) is 22.8 Å². The Morgan fingerprint density at radius 2 is 1.96 bits per heavy atom. The lowest BCUT2D eigenvalue weighted by Gasteiger charge is -2.21. The molecule has 27 heavy (non-hydrogen) atoms. The number of anilines is 1. The zero-order valence-electron chi connectivity index (χ0n) is 15.3. The Balaban J connectivity index is 1.75. The fraction of sp³-hybridized carbons (Fsp3) is 0.421. The van der Waals surface area contributed by atoms with E-state index in [1.54, 1.807) is 19.2 Å². The Morgan fingerprint density at radius 3 is 2.63 bits per heavy atom. The molecule has 1 aromatic heterocycles. The van der Waals surface area contributed by atoms with Crippen molar-refractivity contribution in [2.75, 3.05) is 25.1 Å². The third-order valence-electron chi connectivity index (χ3n) is 4.43. The number of nitrogens with one attached hydrogen (secondary N) is 1. The number of hydrogen-bond donors (Lipinski definition) is 1. The van der Waals surface area contributed by atoms with Gasteiger partial charge in [0.2, 0.25) is 11.9 Å². The number of nitrogens with zero attached hydrogens (tertiary/aromatic N) is 3. The van der Waals surface area contributed by atoms with Gasteiger partial charge in [0.25, 0.3) is 5.56 Å². The smallest absolute Gasteiger partial charge is 0.255 e. The maximum absolute atomic E-state index is 13.0. The number of carbonyl (C=O) groups is 1. The number of aromatic nitrogens is 2. The minimum Gasteiger partial charge on any atom is -0.378 e.